The Hall–Kier alpha value is -0.530. The Morgan fingerprint density at radius 1 is 1.08 bits per heavy atom. The van der Waals surface area contributed by atoms with Crippen LogP contribution in [0.4, 0.5) is 0 Å². The summed E-state index contributed by atoms with van der Waals surface area (Å²) >= 11 is 0. The lowest BCUT2D eigenvalue weighted by Gasteiger charge is -2.06. The van der Waals surface area contributed by atoms with Crippen molar-refractivity contribution in [2.45, 2.75) is 52.9 Å². The second kappa shape index (κ2) is 6.93. The van der Waals surface area contributed by atoms with Crippen LogP contribution in [0.3, 0.4) is 0 Å². The molecule has 78 valence electrons. The van der Waals surface area contributed by atoms with Gasteiger partial charge in [0.2, 0.25) is 0 Å². The highest BCUT2D eigenvalue weighted by molar-refractivity contribution is 5.69. The Morgan fingerprint density at radius 3 is 2.08 bits per heavy atom. The first-order chi connectivity index (χ1) is 6.04. The van der Waals surface area contributed by atoms with Gasteiger partial charge in [0.25, 0.3) is 0 Å². The average Bonchev–Trinajstić information content (AvgIpc) is 2.02. The first-order valence-electron chi connectivity index (χ1n) is 5.26. The second-order valence-electron chi connectivity index (χ2n) is 4.27. The van der Waals surface area contributed by atoms with Crippen molar-refractivity contribution in [3.05, 3.63) is 0 Å². The van der Waals surface area contributed by atoms with Crippen LogP contribution in [0.2, 0.25) is 0 Å². The van der Waals surface area contributed by atoms with Gasteiger partial charge in [0, 0.05) is 0 Å². The third-order valence-electron chi connectivity index (χ3n) is 2.34. The predicted octanol–water partition coefficient (Wildman–Crippen LogP) is 3.31. The highest BCUT2D eigenvalue weighted by Gasteiger charge is 2.09. The molecule has 2 nitrogen and oxygen atoms in total. The molecule has 1 N–H and O–H groups in total. The fourth-order valence-corrected chi connectivity index (χ4v) is 1.30. The van der Waals surface area contributed by atoms with Gasteiger partial charge in [-0.3, -0.25) is 4.79 Å². The van der Waals surface area contributed by atoms with E-state index in [0.717, 1.165) is 18.8 Å². The van der Waals surface area contributed by atoms with E-state index in [1.54, 1.807) is 6.92 Å². The van der Waals surface area contributed by atoms with Gasteiger partial charge in [-0.25, -0.2) is 0 Å². The number of hydrogen-bond acceptors (Lipinski definition) is 1. The second-order valence-corrected chi connectivity index (χ2v) is 4.27. The van der Waals surface area contributed by atoms with Gasteiger partial charge in [0.15, 0.2) is 0 Å². The average molecular weight is 186 g/mol. The molecule has 0 aromatic rings. The summed E-state index contributed by atoms with van der Waals surface area (Å²) in [6.07, 6.45) is 5.56. The molecule has 0 fully saturated rings. The lowest BCUT2D eigenvalue weighted by Crippen LogP contribution is -2.08. The molecule has 0 amide bonds. The van der Waals surface area contributed by atoms with Crippen molar-refractivity contribution in [2.75, 3.05) is 0 Å². The molecule has 13 heavy (non-hydrogen) atoms. The number of rotatable bonds is 7. The summed E-state index contributed by atoms with van der Waals surface area (Å²) < 4.78 is 0. The summed E-state index contributed by atoms with van der Waals surface area (Å²) in [5.74, 6) is -0.0557. The van der Waals surface area contributed by atoms with Crippen LogP contribution in [-0.4, -0.2) is 11.1 Å². The van der Waals surface area contributed by atoms with Crippen LogP contribution in [0, 0.1) is 11.8 Å². The van der Waals surface area contributed by atoms with E-state index in [9.17, 15) is 4.79 Å². The molecule has 1 atom stereocenters. The molecule has 0 heterocycles. The number of hydrogen-bond donors (Lipinski definition) is 1. The number of carbonyl (C=O) groups is 1. The van der Waals surface area contributed by atoms with Gasteiger partial charge in [0.05, 0.1) is 5.92 Å². The first-order valence-corrected chi connectivity index (χ1v) is 5.26. The fourth-order valence-electron chi connectivity index (χ4n) is 1.30. The smallest absolute Gasteiger partial charge is 0.306 e. The third-order valence-corrected chi connectivity index (χ3v) is 2.34. The monoisotopic (exact) mass is 186 g/mol. The molecule has 2 heteroatoms. The molecule has 0 rings (SSSR count). The summed E-state index contributed by atoms with van der Waals surface area (Å²) in [5.41, 5.74) is 0. The molecular formula is C11H22O2. The molecule has 0 aromatic carbocycles. The van der Waals surface area contributed by atoms with Crippen molar-refractivity contribution in [2.24, 2.45) is 11.8 Å². The molecule has 0 radical (unpaired) electrons. The minimum atomic E-state index is -0.663. The largest absolute Gasteiger partial charge is 0.481 e. The molecule has 0 saturated carbocycles. The zero-order valence-electron chi connectivity index (χ0n) is 9.05. The quantitative estimate of drug-likeness (QED) is 0.619. The molecule has 0 aliphatic heterocycles. The van der Waals surface area contributed by atoms with Crippen molar-refractivity contribution in [1.82, 2.24) is 0 Å². The van der Waals surface area contributed by atoms with Crippen LogP contribution in [0.5, 0.6) is 0 Å². The van der Waals surface area contributed by atoms with E-state index in [4.69, 9.17) is 5.11 Å². The highest BCUT2D eigenvalue weighted by atomic mass is 16.4. The van der Waals surface area contributed by atoms with E-state index in [-0.39, 0.29) is 5.92 Å². The molecule has 0 spiro atoms. The Bertz CT molecular complexity index is 141. The molecule has 0 aliphatic carbocycles. The maximum atomic E-state index is 10.5. The Kier molecular flexibility index (Phi) is 6.65. The molecule has 0 unspecified atom stereocenters. The lowest BCUT2D eigenvalue weighted by molar-refractivity contribution is -0.141. The Balaban J connectivity index is 3.21. The summed E-state index contributed by atoms with van der Waals surface area (Å²) in [5, 5.41) is 8.63. The lowest BCUT2D eigenvalue weighted by atomic mass is 10.0. The van der Waals surface area contributed by atoms with Crippen LogP contribution >= 0.6 is 0 Å². The Morgan fingerprint density at radius 2 is 1.62 bits per heavy atom. The van der Waals surface area contributed by atoms with Crippen LogP contribution in [0.1, 0.15) is 52.9 Å². The highest BCUT2D eigenvalue weighted by Crippen LogP contribution is 2.13. The van der Waals surface area contributed by atoms with E-state index in [2.05, 4.69) is 13.8 Å². The molecule has 0 saturated heterocycles. The summed E-state index contributed by atoms with van der Waals surface area (Å²) in [6.45, 7) is 6.23. The van der Waals surface area contributed by atoms with Crippen molar-refractivity contribution in [3.63, 3.8) is 0 Å². The van der Waals surface area contributed by atoms with Crippen LogP contribution in [0.25, 0.3) is 0 Å². The summed E-state index contributed by atoms with van der Waals surface area (Å²) in [7, 11) is 0. The van der Waals surface area contributed by atoms with Crippen molar-refractivity contribution >= 4 is 5.97 Å². The van der Waals surface area contributed by atoms with Gasteiger partial charge in [-0.2, -0.15) is 0 Å². The molecule has 0 bridgehead atoms. The molecule has 0 aromatic heterocycles. The van der Waals surface area contributed by atoms with Gasteiger partial charge in [-0.05, 0) is 12.3 Å². The van der Waals surface area contributed by atoms with Crippen LogP contribution in [0.15, 0.2) is 0 Å². The number of unbranched alkanes of at least 4 members (excludes halogenated alkanes) is 2. The number of carboxylic acids is 1. The summed E-state index contributed by atoms with van der Waals surface area (Å²) in [4.78, 5) is 10.5. The Labute approximate surface area is 81.3 Å². The van der Waals surface area contributed by atoms with Gasteiger partial charge in [-0.1, -0.05) is 46.5 Å². The normalized spacial score (nSPS) is 13.2. The maximum Gasteiger partial charge on any atom is 0.306 e. The van der Waals surface area contributed by atoms with Crippen LogP contribution < -0.4 is 0 Å². The van der Waals surface area contributed by atoms with Crippen molar-refractivity contribution in [3.8, 4) is 0 Å². The van der Waals surface area contributed by atoms with Gasteiger partial charge >= 0.3 is 5.97 Å². The zero-order chi connectivity index (χ0) is 10.3. The summed E-state index contributed by atoms with van der Waals surface area (Å²) in [6, 6.07) is 0. The standard InChI is InChI=1S/C11H22O2/c1-9(2)7-5-4-6-8-10(3)11(12)13/h9-10H,4-8H2,1-3H3,(H,12,13)/t10-/m0/s1. The SMILES string of the molecule is CC(C)CCCCC[C@H](C)C(=O)O. The van der Waals surface area contributed by atoms with E-state index in [1.807, 2.05) is 0 Å². The topological polar surface area (TPSA) is 37.3 Å². The van der Waals surface area contributed by atoms with E-state index >= 15 is 0 Å². The fraction of sp³-hybridized carbons (Fsp3) is 0.909. The minimum absolute atomic E-state index is 0.168. The number of carboxylic acid groups (broad SMARTS) is 1. The van der Waals surface area contributed by atoms with E-state index < -0.39 is 5.97 Å². The number of aliphatic carboxylic acids is 1. The van der Waals surface area contributed by atoms with Gasteiger partial charge < -0.3 is 5.11 Å². The molecule has 0 aliphatic rings. The van der Waals surface area contributed by atoms with E-state index in [1.165, 1.54) is 19.3 Å². The van der Waals surface area contributed by atoms with Gasteiger partial charge in [0.1, 0.15) is 0 Å². The first kappa shape index (κ1) is 12.5. The predicted molar refractivity (Wildman–Crippen MR) is 54.7 cm³/mol. The minimum Gasteiger partial charge on any atom is -0.481 e. The van der Waals surface area contributed by atoms with Crippen molar-refractivity contribution in [1.29, 1.82) is 0 Å². The third kappa shape index (κ3) is 7.82. The maximum absolute atomic E-state index is 10.5. The molecular weight excluding hydrogens is 164 g/mol. The van der Waals surface area contributed by atoms with Crippen LogP contribution in [-0.2, 0) is 4.79 Å². The zero-order valence-corrected chi connectivity index (χ0v) is 9.05. The van der Waals surface area contributed by atoms with E-state index in [0.29, 0.717) is 0 Å². The van der Waals surface area contributed by atoms with Crippen molar-refractivity contribution < 1.29 is 9.90 Å². The van der Waals surface area contributed by atoms with Gasteiger partial charge in [-0.15, -0.1) is 0 Å².